The molecule has 0 radical (unpaired) electrons. The molecule has 4 nitrogen and oxygen atoms in total. The van der Waals surface area contributed by atoms with Gasteiger partial charge in [0.15, 0.2) is 0 Å². The van der Waals surface area contributed by atoms with E-state index in [4.69, 9.17) is 0 Å². The zero-order chi connectivity index (χ0) is 6.85. The normalized spacial score (nSPS) is 15.6. The van der Waals surface area contributed by atoms with Crippen LogP contribution in [0.2, 0.25) is 0 Å². The van der Waals surface area contributed by atoms with Crippen molar-refractivity contribution in [2.24, 2.45) is 0 Å². The zero-order valence-electron chi connectivity index (χ0n) is 5.79. The quantitative estimate of drug-likeness (QED) is 0.293. The average Bonchev–Trinajstić information content (AvgIpc) is 1.79. The van der Waals surface area contributed by atoms with Crippen LogP contribution in [-0.4, -0.2) is 29.9 Å². The number of carboxylic acid groups (broad SMARTS) is 1. The molecule has 0 aromatic carbocycles. The molecule has 1 rings (SSSR count). The van der Waals surface area contributed by atoms with E-state index in [0.717, 1.165) is 0 Å². The van der Waals surface area contributed by atoms with E-state index < -0.39 is 5.97 Å². The van der Waals surface area contributed by atoms with Crippen LogP contribution in [0.1, 0.15) is 6.42 Å². The summed E-state index contributed by atoms with van der Waals surface area (Å²) < 4.78 is 0. The number of likely N-dealkylation sites (tertiary alicyclic amines) is 1. The topological polar surface area (TPSA) is 60.4 Å². The van der Waals surface area contributed by atoms with Crippen molar-refractivity contribution in [2.45, 2.75) is 6.42 Å². The number of carbonyl (C=O) groups is 2. The molecule has 0 unspecified atom stereocenters. The second-order valence-corrected chi connectivity index (χ2v) is 1.94. The number of aliphatic carboxylic acids is 1. The molecule has 1 aliphatic rings. The number of amides is 1. The van der Waals surface area contributed by atoms with Crippen molar-refractivity contribution in [2.75, 3.05) is 13.1 Å². The standard InChI is InChI=1S/C5H7NO3.Na/c7-4-1-2-6(4)3-5(8)9;/h1-3H2,(H,8,9);/q;+1/p-1. The number of hydrogen-bond acceptors (Lipinski definition) is 3. The van der Waals surface area contributed by atoms with Crippen LogP contribution in [0.15, 0.2) is 0 Å². The summed E-state index contributed by atoms with van der Waals surface area (Å²) in [6, 6.07) is 0. The van der Waals surface area contributed by atoms with Crippen LogP contribution in [0.3, 0.4) is 0 Å². The molecule has 0 aliphatic carbocycles. The maximum Gasteiger partial charge on any atom is 1.00 e. The molecular weight excluding hydrogens is 145 g/mol. The van der Waals surface area contributed by atoms with Crippen LogP contribution in [0.25, 0.3) is 0 Å². The summed E-state index contributed by atoms with van der Waals surface area (Å²) in [7, 11) is 0. The third-order valence-electron chi connectivity index (χ3n) is 1.27. The minimum Gasteiger partial charge on any atom is -0.548 e. The largest absolute Gasteiger partial charge is 1.00 e. The van der Waals surface area contributed by atoms with Gasteiger partial charge in [-0.15, -0.1) is 0 Å². The van der Waals surface area contributed by atoms with Gasteiger partial charge in [0.1, 0.15) is 0 Å². The first kappa shape index (κ1) is 9.94. The van der Waals surface area contributed by atoms with Gasteiger partial charge in [0.2, 0.25) is 5.91 Å². The van der Waals surface area contributed by atoms with Crippen molar-refractivity contribution < 1.29 is 44.3 Å². The molecule has 0 aromatic rings. The molecule has 1 fully saturated rings. The van der Waals surface area contributed by atoms with Gasteiger partial charge in [-0.25, -0.2) is 0 Å². The number of carboxylic acids is 1. The van der Waals surface area contributed by atoms with Gasteiger partial charge in [-0.3, -0.25) is 4.79 Å². The van der Waals surface area contributed by atoms with E-state index in [-0.39, 0.29) is 42.0 Å². The molecule has 0 spiro atoms. The smallest absolute Gasteiger partial charge is 0.548 e. The Bertz CT molecular complexity index is 159. The average molecular weight is 151 g/mol. The molecule has 1 amide bonds. The molecule has 1 aliphatic heterocycles. The van der Waals surface area contributed by atoms with Crippen molar-refractivity contribution in [1.29, 1.82) is 0 Å². The fraction of sp³-hybridized carbons (Fsp3) is 0.600. The van der Waals surface area contributed by atoms with Gasteiger partial charge in [-0.1, -0.05) is 0 Å². The minimum atomic E-state index is -1.19. The number of nitrogens with zero attached hydrogens (tertiary/aromatic N) is 1. The Morgan fingerprint density at radius 1 is 1.70 bits per heavy atom. The number of hydrogen-bond donors (Lipinski definition) is 0. The summed E-state index contributed by atoms with van der Waals surface area (Å²) in [5.41, 5.74) is 0. The second-order valence-electron chi connectivity index (χ2n) is 1.94. The van der Waals surface area contributed by atoms with E-state index in [1.165, 1.54) is 4.90 Å². The van der Waals surface area contributed by atoms with Gasteiger partial charge in [0.25, 0.3) is 0 Å². The fourth-order valence-corrected chi connectivity index (χ4v) is 0.684. The Morgan fingerprint density at radius 2 is 2.30 bits per heavy atom. The van der Waals surface area contributed by atoms with Gasteiger partial charge in [-0.05, 0) is 0 Å². The predicted octanol–water partition coefficient (Wildman–Crippen LogP) is -5.03. The van der Waals surface area contributed by atoms with Crippen LogP contribution in [-0.2, 0) is 9.59 Å². The van der Waals surface area contributed by atoms with Crippen LogP contribution < -0.4 is 34.7 Å². The van der Waals surface area contributed by atoms with Crippen molar-refractivity contribution in [3.63, 3.8) is 0 Å². The van der Waals surface area contributed by atoms with Crippen LogP contribution in [0.5, 0.6) is 0 Å². The third-order valence-corrected chi connectivity index (χ3v) is 1.27. The predicted molar refractivity (Wildman–Crippen MR) is 26.2 cm³/mol. The first-order valence-corrected chi connectivity index (χ1v) is 2.68. The molecule has 1 heterocycles. The van der Waals surface area contributed by atoms with Crippen molar-refractivity contribution in [3.8, 4) is 0 Å². The Kier molecular flexibility index (Phi) is 3.93. The monoisotopic (exact) mass is 151 g/mol. The molecular formula is C5H6NNaO3. The maximum atomic E-state index is 10.4. The van der Waals surface area contributed by atoms with E-state index >= 15 is 0 Å². The van der Waals surface area contributed by atoms with Gasteiger partial charge in [0.05, 0.1) is 12.5 Å². The number of β-lactam (4-membered cyclic amide) rings is 1. The molecule has 10 heavy (non-hydrogen) atoms. The van der Waals surface area contributed by atoms with Crippen molar-refractivity contribution in [3.05, 3.63) is 0 Å². The summed E-state index contributed by atoms with van der Waals surface area (Å²) in [5, 5.41) is 9.84. The van der Waals surface area contributed by atoms with E-state index in [2.05, 4.69) is 0 Å². The van der Waals surface area contributed by atoms with E-state index in [1.807, 2.05) is 0 Å². The first-order valence-electron chi connectivity index (χ1n) is 2.68. The molecule has 50 valence electrons. The van der Waals surface area contributed by atoms with E-state index in [9.17, 15) is 14.7 Å². The van der Waals surface area contributed by atoms with Gasteiger partial charge < -0.3 is 14.8 Å². The molecule has 0 N–H and O–H groups in total. The van der Waals surface area contributed by atoms with Crippen LogP contribution in [0, 0.1) is 0 Å². The Labute approximate surface area is 80.5 Å². The summed E-state index contributed by atoms with van der Waals surface area (Å²) in [5.74, 6) is -1.29. The van der Waals surface area contributed by atoms with Crippen molar-refractivity contribution in [1.82, 2.24) is 4.90 Å². The second kappa shape index (κ2) is 3.95. The van der Waals surface area contributed by atoms with Crippen LogP contribution >= 0.6 is 0 Å². The maximum absolute atomic E-state index is 10.4. The van der Waals surface area contributed by atoms with Crippen LogP contribution in [0.4, 0.5) is 0 Å². The summed E-state index contributed by atoms with van der Waals surface area (Å²) >= 11 is 0. The summed E-state index contributed by atoms with van der Waals surface area (Å²) in [6.45, 7) is 0.311. The summed E-state index contributed by atoms with van der Waals surface area (Å²) in [4.78, 5) is 21.5. The van der Waals surface area contributed by atoms with Crippen molar-refractivity contribution >= 4 is 11.9 Å². The SMILES string of the molecule is O=C([O-])CN1CCC1=O.[Na+]. The molecule has 0 atom stereocenters. The molecule has 1 saturated heterocycles. The van der Waals surface area contributed by atoms with E-state index in [1.54, 1.807) is 0 Å². The third kappa shape index (κ3) is 2.28. The van der Waals surface area contributed by atoms with Gasteiger partial charge in [0, 0.05) is 13.0 Å². The summed E-state index contributed by atoms with van der Waals surface area (Å²) in [6.07, 6.45) is 0.479. The Morgan fingerprint density at radius 3 is 2.40 bits per heavy atom. The molecule has 0 aromatic heterocycles. The first-order chi connectivity index (χ1) is 4.20. The van der Waals surface area contributed by atoms with Gasteiger partial charge in [-0.2, -0.15) is 0 Å². The molecule has 0 bridgehead atoms. The Hall–Kier alpha value is -0.0600. The van der Waals surface area contributed by atoms with E-state index in [0.29, 0.717) is 13.0 Å². The Balaban J connectivity index is 0.000000810. The minimum absolute atomic E-state index is 0. The zero-order valence-corrected chi connectivity index (χ0v) is 7.79. The molecule has 5 heteroatoms. The molecule has 0 saturated carbocycles. The number of carbonyl (C=O) groups excluding carboxylic acids is 2. The fourth-order valence-electron chi connectivity index (χ4n) is 0.684. The number of rotatable bonds is 2. The van der Waals surface area contributed by atoms with Gasteiger partial charge >= 0.3 is 29.6 Å².